The van der Waals surface area contributed by atoms with Crippen molar-refractivity contribution < 1.29 is 9.53 Å². The van der Waals surface area contributed by atoms with Crippen molar-refractivity contribution in [1.29, 1.82) is 0 Å². The number of nitrogens with one attached hydrogen (secondary N) is 1. The molecule has 27 heavy (non-hydrogen) atoms. The number of carbonyl (C=O) groups is 1. The molecule has 0 spiro atoms. The molecule has 1 unspecified atom stereocenters. The molecule has 1 atom stereocenters. The molecule has 1 aliphatic heterocycles. The first-order valence-electron chi connectivity index (χ1n) is 9.83. The summed E-state index contributed by atoms with van der Waals surface area (Å²) in [6, 6.07) is 11.2. The Morgan fingerprint density at radius 2 is 2.19 bits per heavy atom. The van der Waals surface area contributed by atoms with Crippen molar-refractivity contribution in [3.05, 3.63) is 53.3 Å². The Kier molecular flexibility index (Phi) is 7.01. The molecule has 1 saturated heterocycles. The standard InChI is InChI=1S/C21H30N4O2/c1-3-27-21(26)20-18(14-22-23-20)15-24(2)19-10-7-12-25(16-19)13-11-17-8-5-4-6-9-17/h4-6,8-9,14,19H,3,7,10-13,15-16H2,1-2H3,(H,22,23). The highest BCUT2D eigenvalue weighted by Crippen LogP contribution is 2.18. The van der Waals surface area contributed by atoms with Crippen LogP contribution in [0.15, 0.2) is 36.5 Å². The van der Waals surface area contributed by atoms with Crippen LogP contribution in [0.25, 0.3) is 0 Å². The summed E-state index contributed by atoms with van der Waals surface area (Å²) >= 11 is 0. The van der Waals surface area contributed by atoms with Gasteiger partial charge in [0.05, 0.1) is 12.8 Å². The first kappa shape index (κ1) is 19.6. The highest BCUT2D eigenvalue weighted by Gasteiger charge is 2.25. The van der Waals surface area contributed by atoms with Crippen molar-refractivity contribution in [2.75, 3.05) is 33.3 Å². The van der Waals surface area contributed by atoms with Gasteiger partial charge in [-0.15, -0.1) is 0 Å². The summed E-state index contributed by atoms with van der Waals surface area (Å²) < 4.78 is 5.11. The Morgan fingerprint density at radius 3 is 2.96 bits per heavy atom. The van der Waals surface area contributed by atoms with Gasteiger partial charge in [0.15, 0.2) is 0 Å². The number of likely N-dealkylation sites (tertiary alicyclic amines) is 1. The summed E-state index contributed by atoms with van der Waals surface area (Å²) in [4.78, 5) is 16.9. The van der Waals surface area contributed by atoms with Gasteiger partial charge in [-0.1, -0.05) is 30.3 Å². The van der Waals surface area contributed by atoms with Crippen molar-refractivity contribution in [2.24, 2.45) is 0 Å². The molecular weight excluding hydrogens is 340 g/mol. The lowest BCUT2D eigenvalue weighted by atomic mass is 10.0. The molecule has 1 aromatic carbocycles. The number of esters is 1. The Bertz CT molecular complexity index is 716. The third-order valence-electron chi connectivity index (χ3n) is 5.28. The summed E-state index contributed by atoms with van der Waals surface area (Å²) in [5.41, 5.74) is 2.77. The normalized spacial score (nSPS) is 18.0. The minimum atomic E-state index is -0.327. The van der Waals surface area contributed by atoms with Crippen molar-refractivity contribution in [2.45, 2.75) is 38.8 Å². The van der Waals surface area contributed by atoms with E-state index in [1.165, 1.54) is 18.4 Å². The van der Waals surface area contributed by atoms with E-state index in [-0.39, 0.29) is 5.97 Å². The lowest BCUT2D eigenvalue weighted by Gasteiger charge is -2.37. The van der Waals surface area contributed by atoms with Crippen LogP contribution in [0.1, 0.15) is 41.4 Å². The van der Waals surface area contributed by atoms with Gasteiger partial charge in [0, 0.05) is 31.2 Å². The Balaban J connectivity index is 1.53. The zero-order valence-electron chi connectivity index (χ0n) is 16.4. The second-order valence-corrected chi connectivity index (χ2v) is 7.24. The highest BCUT2D eigenvalue weighted by molar-refractivity contribution is 5.88. The molecule has 2 aromatic rings. The van der Waals surface area contributed by atoms with Gasteiger partial charge >= 0.3 is 5.97 Å². The van der Waals surface area contributed by atoms with Gasteiger partial charge in [-0.2, -0.15) is 5.10 Å². The van der Waals surface area contributed by atoms with Crippen LogP contribution < -0.4 is 0 Å². The first-order valence-corrected chi connectivity index (χ1v) is 9.83. The van der Waals surface area contributed by atoms with Crippen LogP contribution in [-0.4, -0.2) is 65.3 Å². The van der Waals surface area contributed by atoms with E-state index in [4.69, 9.17) is 4.74 Å². The SMILES string of the molecule is CCOC(=O)c1[nH]ncc1CN(C)C1CCCN(CCc2ccccc2)C1. The number of nitrogens with zero attached hydrogens (tertiary/aromatic N) is 3. The number of hydrogen-bond acceptors (Lipinski definition) is 5. The fourth-order valence-corrected chi connectivity index (χ4v) is 3.73. The first-order chi connectivity index (χ1) is 13.2. The average Bonchev–Trinajstić information content (AvgIpc) is 3.16. The van der Waals surface area contributed by atoms with E-state index in [0.717, 1.165) is 31.6 Å². The number of H-pyrrole nitrogens is 1. The van der Waals surface area contributed by atoms with Crippen LogP contribution in [0.3, 0.4) is 0 Å². The van der Waals surface area contributed by atoms with E-state index in [1.807, 2.05) is 6.92 Å². The molecule has 1 fully saturated rings. The molecule has 0 aliphatic carbocycles. The van der Waals surface area contributed by atoms with E-state index in [2.05, 4.69) is 57.4 Å². The van der Waals surface area contributed by atoms with Gasteiger partial charge in [0.2, 0.25) is 0 Å². The van der Waals surface area contributed by atoms with Crippen LogP contribution in [0.5, 0.6) is 0 Å². The molecule has 6 heteroatoms. The highest BCUT2D eigenvalue weighted by atomic mass is 16.5. The van der Waals surface area contributed by atoms with E-state index in [0.29, 0.717) is 24.9 Å². The second-order valence-electron chi connectivity index (χ2n) is 7.24. The number of benzene rings is 1. The van der Waals surface area contributed by atoms with E-state index >= 15 is 0 Å². The molecule has 2 heterocycles. The predicted molar refractivity (Wildman–Crippen MR) is 106 cm³/mol. The number of aromatic amines is 1. The molecule has 0 bridgehead atoms. The van der Waals surface area contributed by atoms with Crippen molar-refractivity contribution in [3.63, 3.8) is 0 Å². The van der Waals surface area contributed by atoms with Crippen molar-refractivity contribution in [1.82, 2.24) is 20.0 Å². The van der Waals surface area contributed by atoms with Crippen LogP contribution in [-0.2, 0) is 17.7 Å². The molecule has 3 rings (SSSR count). The third kappa shape index (κ3) is 5.40. The van der Waals surface area contributed by atoms with Gasteiger partial charge in [0.25, 0.3) is 0 Å². The van der Waals surface area contributed by atoms with Gasteiger partial charge in [-0.25, -0.2) is 4.79 Å². The molecule has 0 saturated carbocycles. The molecule has 146 valence electrons. The maximum atomic E-state index is 12.0. The lowest BCUT2D eigenvalue weighted by Crippen LogP contribution is -2.46. The average molecular weight is 370 g/mol. The summed E-state index contributed by atoms with van der Waals surface area (Å²) in [5.74, 6) is -0.327. The van der Waals surface area contributed by atoms with E-state index < -0.39 is 0 Å². The number of rotatable bonds is 8. The Hall–Kier alpha value is -2.18. The van der Waals surface area contributed by atoms with Crippen molar-refractivity contribution in [3.8, 4) is 0 Å². The van der Waals surface area contributed by atoms with E-state index in [9.17, 15) is 4.79 Å². The van der Waals surface area contributed by atoms with Crippen LogP contribution in [0.4, 0.5) is 0 Å². The minimum absolute atomic E-state index is 0.327. The number of hydrogen-bond donors (Lipinski definition) is 1. The smallest absolute Gasteiger partial charge is 0.356 e. The lowest BCUT2D eigenvalue weighted by molar-refractivity contribution is 0.0515. The molecule has 0 radical (unpaired) electrons. The number of aromatic nitrogens is 2. The molecule has 1 aromatic heterocycles. The predicted octanol–water partition coefficient (Wildman–Crippen LogP) is 2.73. The van der Waals surface area contributed by atoms with Gasteiger partial charge < -0.3 is 9.64 Å². The maximum Gasteiger partial charge on any atom is 0.356 e. The monoisotopic (exact) mass is 370 g/mol. The molecule has 1 aliphatic rings. The summed E-state index contributed by atoms with van der Waals surface area (Å²) in [5, 5.41) is 6.82. The van der Waals surface area contributed by atoms with Crippen LogP contribution in [0.2, 0.25) is 0 Å². The molecule has 6 nitrogen and oxygen atoms in total. The third-order valence-corrected chi connectivity index (χ3v) is 5.28. The number of ether oxygens (including phenoxy) is 1. The second kappa shape index (κ2) is 9.67. The minimum Gasteiger partial charge on any atom is -0.461 e. The number of carbonyl (C=O) groups excluding carboxylic acids is 1. The zero-order valence-corrected chi connectivity index (χ0v) is 16.4. The maximum absolute atomic E-state index is 12.0. The molecular formula is C21H30N4O2. The molecule has 1 N–H and O–H groups in total. The topological polar surface area (TPSA) is 61.5 Å². The summed E-state index contributed by atoms with van der Waals surface area (Å²) in [7, 11) is 2.13. The van der Waals surface area contributed by atoms with Gasteiger partial charge in [-0.3, -0.25) is 10.00 Å². The van der Waals surface area contributed by atoms with Crippen molar-refractivity contribution >= 4 is 5.97 Å². The number of piperidine rings is 1. The quantitative estimate of drug-likeness (QED) is 0.724. The fraction of sp³-hybridized carbons (Fsp3) is 0.524. The summed E-state index contributed by atoms with van der Waals surface area (Å²) in [6.07, 6.45) is 5.22. The number of likely N-dealkylation sites (N-methyl/N-ethyl adjacent to an activating group) is 1. The van der Waals surface area contributed by atoms with E-state index in [1.54, 1.807) is 6.20 Å². The Morgan fingerprint density at radius 1 is 1.37 bits per heavy atom. The largest absolute Gasteiger partial charge is 0.461 e. The fourth-order valence-electron chi connectivity index (χ4n) is 3.73. The molecule has 0 amide bonds. The van der Waals surface area contributed by atoms with Gasteiger partial charge in [-0.05, 0) is 45.3 Å². The van der Waals surface area contributed by atoms with Crippen LogP contribution >= 0.6 is 0 Å². The zero-order chi connectivity index (χ0) is 19.1. The Labute approximate surface area is 161 Å². The van der Waals surface area contributed by atoms with Gasteiger partial charge in [0.1, 0.15) is 5.69 Å². The summed E-state index contributed by atoms with van der Waals surface area (Å²) in [6.45, 7) is 6.20. The van der Waals surface area contributed by atoms with Crippen LogP contribution in [0, 0.1) is 0 Å².